The smallest absolute Gasteiger partial charge is 0.396 e. The van der Waals surface area contributed by atoms with E-state index in [4.69, 9.17) is 5.73 Å². The van der Waals surface area contributed by atoms with Gasteiger partial charge < -0.3 is 11.1 Å². The minimum atomic E-state index is -4.48. The number of nitrogens with zero attached hydrogens (tertiary/aromatic N) is 1. The first kappa shape index (κ1) is 14.2. The zero-order valence-electron chi connectivity index (χ0n) is 10.8. The number of pyridine rings is 1. The number of rotatable bonds is 3. The highest BCUT2D eigenvalue weighted by Crippen LogP contribution is 2.31. The monoisotopic (exact) mass is 281 g/mol. The van der Waals surface area contributed by atoms with Gasteiger partial charge in [-0.25, -0.2) is 4.98 Å². The lowest BCUT2D eigenvalue weighted by Gasteiger charge is -2.12. The van der Waals surface area contributed by atoms with E-state index in [1.165, 1.54) is 0 Å². The first-order valence-electron chi connectivity index (χ1n) is 5.98. The molecule has 2 aromatic rings. The van der Waals surface area contributed by atoms with Crippen LogP contribution in [-0.2, 0) is 12.7 Å². The third-order valence-electron chi connectivity index (χ3n) is 2.83. The summed E-state index contributed by atoms with van der Waals surface area (Å²) in [6, 6.07) is 8.61. The van der Waals surface area contributed by atoms with Crippen LogP contribution in [0.15, 0.2) is 36.5 Å². The number of alkyl halides is 3. The molecule has 0 amide bonds. The molecule has 6 heteroatoms. The van der Waals surface area contributed by atoms with Gasteiger partial charge >= 0.3 is 6.18 Å². The van der Waals surface area contributed by atoms with E-state index in [0.717, 1.165) is 23.4 Å². The largest absolute Gasteiger partial charge is 0.433 e. The molecule has 1 aromatic heterocycles. The Labute approximate surface area is 114 Å². The molecule has 0 bridgehead atoms. The van der Waals surface area contributed by atoms with Crippen molar-refractivity contribution in [3.8, 4) is 0 Å². The van der Waals surface area contributed by atoms with E-state index in [1.54, 1.807) is 0 Å². The van der Waals surface area contributed by atoms with Gasteiger partial charge in [0.25, 0.3) is 0 Å². The lowest BCUT2D eigenvalue weighted by molar-refractivity contribution is -0.141. The molecule has 0 aliphatic carbocycles. The Bertz CT molecular complexity index is 592. The fourth-order valence-electron chi connectivity index (χ4n) is 1.68. The van der Waals surface area contributed by atoms with Crippen molar-refractivity contribution in [2.75, 3.05) is 11.1 Å². The van der Waals surface area contributed by atoms with Gasteiger partial charge in [-0.1, -0.05) is 29.8 Å². The van der Waals surface area contributed by atoms with Crippen LogP contribution >= 0.6 is 0 Å². The quantitative estimate of drug-likeness (QED) is 0.903. The Morgan fingerprint density at radius 3 is 2.45 bits per heavy atom. The number of hydrogen-bond donors (Lipinski definition) is 2. The molecule has 0 saturated carbocycles. The van der Waals surface area contributed by atoms with Crippen LogP contribution in [0.2, 0.25) is 0 Å². The summed E-state index contributed by atoms with van der Waals surface area (Å²) in [6.45, 7) is 2.36. The molecular weight excluding hydrogens is 267 g/mol. The third kappa shape index (κ3) is 3.40. The van der Waals surface area contributed by atoms with Gasteiger partial charge in [-0.05, 0) is 18.6 Å². The van der Waals surface area contributed by atoms with Gasteiger partial charge in [0.15, 0.2) is 0 Å². The van der Waals surface area contributed by atoms with Crippen molar-refractivity contribution in [1.82, 2.24) is 4.98 Å². The van der Waals surface area contributed by atoms with E-state index < -0.39 is 11.9 Å². The topological polar surface area (TPSA) is 50.9 Å². The molecule has 0 saturated heterocycles. The Hall–Kier alpha value is -2.24. The van der Waals surface area contributed by atoms with Crippen LogP contribution in [0.1, 0.15) is 16.8 Å². The van der Waals surface area contributed by atoms with Crippen LogP contribution in [0.25, 0.3) is 0 Å². The second-order valence-electron chi connectivity index (χ2n) is 4.49. The molecular formula is C14H14F3N3. The minimum absolute atomic E-state index is 0.185. The van der Waals surface area contributed by atoms with Gasteiger partial charge in [-0.15, -0.1) is 0 Å². The number of hydrogen-bond acceptors (Lipinski definition) is 3. The maximum atomic E-state index is 12.6. The highest BCUT2D eigenvalue weighted by molar-refractivity contribution is 5.65. The summed E-state index contributed by atoms with van der Waals surface area (Å²) in [7, 11) is 0. The second kappa shape index (κ2) is 5.40. The van der Waals surface area contributed by atoms with Crippen molar-refractivity contribution >= 4 is 11.4 Å². The van der Waals surface area contributed by atoms with Gasteiger partial charge in [0.05, 0.1) is 17.6 Å². The fourth-order valence-corrected chi connectivity index (χ4v) is 1.68. The second-order valence-corrected chi connectivity index (χ2v) is 4.49. The molecule has 1 heterocycles. The van der Waals surface area contributed by atoms with E-state index >= 15 is 0 Å². The van der Waals surface area contributed by atoms with E-state index in [9.17, 15) is 13.2 Å². The number of aryl methyl sites for hydroxylation is 1. The predicted octanol–water partition coefficient (Wildman–Crippen LogP) is 3.60. The summed E-state index contributed by atoms with van der Waals surface area (Å²) in [5.41, 5.74) is 7.16. The van der Waals surface area contributed by atoms with Gasteiger partial charge in [-0.2, -0.15) is 13.2 Å². The molecule has 0 unspecified atom stereocenters. The maximum absolute atomic E-state index is 12.6. The van der Waals surface area contributed by atoms with Crippen molar-refractivity contribution < 1.29 is 13.2 Å². The van der Waals surface area contributed by atoms with E-state index in [-0.39, 0.29) is 11.4 Å². The molecule has 0 aliphatic rings. The van der Waals surface area contributed by atoms with Crippen LogP contribution in [0, 0.1) is 6.92 Å². The number of nitrogens with two attached hydrogens (primary N) is 1. The van der Waals surface area contributed by atoms with Crippen LogP contribution in [-0.4, -0.2) is 4.98 Å². The summed E-state index contributed by atoms with van der Waals surface area (Å²) >= 11 is 0. The molecule has 20 heavy (non-hydrogen) atoms. The Morgan fingerprint density at radius 2 is 1.85 bits per heavy atom. The van der Waals surface area contributed by atoms with Crippen LogP contribution in [0.3, 0.4) is 0 Å². The number of anilines is 2. The van der Waals surface area contributed by atoms with E-state index in [1.807, 2.05) is 31.2 Å². The molecule has 0 aliphatic heterocycles. The number of nitrogens with one attached hydrogen (secondary N) is 1. The molecule has 0 fully saturated rings. The minimum Gasteiger partial charge on any atom is -0.396 e. The van der Waals surface area contributed by atoms with Crippen LogP contribution < -0.4 is 11.1 Å². The average molecular weight is 281 g/mol. The van der Waals surface area contributed by atoms with Crippen molar-refractivity contribution in [3.05, 3.63) is 53.3 Å². The Morgan fingerprint density at radius 1 is 1.20 bits per heavy atom. The molecule has 2 rings (SSSR count). The molecule has 1 aromatic carbocycles. The number of aromatic nitrogens is 1. The number of halogens is 3. The summed E-state index contributed by atoms with van der Waals surface area (Å²) < 4.78 is 37.7. The van der Waals surface area contributed by atoms with Crippen LogP contribution in [0.5, 0.6) is 0 Å². The Kier molecular flexibility index (Phi) is 3.83. The average Bonchev–Trinajstić information content (AvgIpc) is 2.38. The molecule has 0 spiro atoms. The SMILES string of the molecule is Cc1ccc(CNc2cc(C(F)(F)F)ncc2N)cc1. The molecule has 3 nitrogen and oxygen atoms in total. The van der Waals surface area contributed by atoms with Gasteiger partial charge in [0.2, 0.25) is 0 Å². The standard InChI is InChI=1S/C14H14F3N3/c1-9-2-4-10(5-3-9)7-19-12-6-13(14(15,16)17)20-8-11(12)18/h2-6,8H,7,18H2,1H3,(H,19,20). The van der Waals surface area contributed by atoms with E-state index in [0.29, 0.717) is 6.54 Å². The lowest BCUT2D eigenvalue weighted by atomic mass is 10.1. The zero-order chi connectivity index (χ0) is 14.8. The number of benzene rings is 1. The van der Waals surface area contributed by atoms with Crippen molar-refractivity contribution in [1.29, 1.82) is 0 Å². The zero-order valence-corrected chi connectivity index (χ0v) is 10.8. The summed E-state index contributed by atoms with van der Waals surface area (Å²) in [6.07, 6.45) is -3.46. The van der Waals surface area contributed by atoms with Gasteiger partial charge in [-0.3, -0.25) is 0 Å². The summed E-state index contributed by atoms with van der Waals surface area (Å²) in [5, 5.41) is 2.90. The normalized spacial score (nSPS) is 11.4. The molecule has 0 atom stereocenters. The fraction of sp³-hybridized carbons (Fsp3) is 0.214. The predicted molar refractivity (Wildman–Crippen MR) is 72.2 cm³/mol. The van der Waals surface area contributed by atoms with Gasteiger partial charge in [0, 0.05) is 6.54 Å². The lowest BCUT2D eigenvalue weighted by Crippen LogP contribution is -2.10. The molecule has 3 N–H and O–H groups in total. The maximum Gasteiger partial charge on any atom is 0.433 e. The third-order valence-corrected chi connectivity index (χ3v) is 2.83. The first-order valence-corrected chi connectivity index (χ1v) is 5.98. The molecule has 0 radical (unpaired) electrons. The Balaban J connectivity index is 2.14. The number of nitrogen functional groups attached to an aromatic ring is 1. The van der Waals surface area contributed by atoms with Crippen molar-refractivity contribution in [2.45, 2.75) is 19.6 Å². The summed E-state index contributed by atoms with van der Waals surface area (Å²) in [4.78, 5) is 3.29. The van der Waals surface area contributed by atoms with Gasteiger partial charge in [0.1, 0.15) is 5.69 Å². The summed E-state index contributed by atoms with van der Waals surface area (Å²) in [5.74, 6) is 0. The highest BCUT2D eigenvalue weighted by atomic mass is 19.4. The van der Waals surface area contributed by atoms with Crippen LogP contribution in [0.4, 0.5) is 24.5 Å². The molecule has 106 valence electrons. The highest BCUT2D eigenvalue weighted by Gasteiger charge is 2.32. The van der Waals surface area contributed by atoms with E-state index in [2.05, 4.69) is 10.3 Å². The van der Waals surface area contributed by atoms with Crippen molar-refractivity contribution in [2.24, 2.45) is 0 Å². The van der Waals surface area contributed by atoms with Crippen molar-refractivity contribution in [3.63, 3.8) is 0 Å². The first-order chi connectivity index (χ1) is 9.36.